The maximum atomic E-state index is 10.6. The van der Waals surface area contributed by atoms with Gasteiger partial charge in [0.15, 0.2) is 0 Å². The van der Waals surface area contributed by atoms with Crippen molar-refractivity contribution in [3.8, 4) is 0 Å². The van der Waals surface area contributed by atoms with E-state index in [2.05, 4.69) is 4.74 Å². The molecule has 0 aromatic carbocycles. The fourth-order valence-electron chi connectivity index (χ4n) is 0.566. The number of ether oxygens (including phenoxy) is 1. The highest BCUT2D eigenvalue weighted by molar-refractivity contribution is 5.70. The number of carbonyl (C=O) groups is 1. The Balaban J connectivity index is 3.56. The van der Waals surface area contributed by atoms with Crippen LogP contribution in [0.4, 0.5) is 0 Å². The summed E-state index contributed by atoms with van der Waals surface area (Å²) in [5.74, 6) is -0.217. The monoisotopic (exact) mass is 166 g/mol. The molecule has 0 unspecified atom stereocenters. The minimum Gasteiger partial charge on any atom is -0.469 e. The minimum atomic E-state index is -0.217. The summed E-state index contributed by atoms with van der Waals surface area (Å²) in [6.07, 6.45) is 11.5. The van der Waals surface area contributed by atoms with Crippen molar-refractivity contribution >= 4 is 5.97 Å². The molecule has 0 aromatic heterocycles. The summed E-state index contributed by atoms with van der Waals surface area (Å²) < 4.78 is 4.45. The second kappa shape index (κ2) is 7.79. The molecule has 0 bridgehead atoms. The molecular formula is C10H14O2. The number of carbonyl (C=O) groups excluding carboxylic acids is 1. The Morgan fingerprint density at radius 1 is 1.25 bits per heavy atom. The van der Waals surface area contributed by atoms with Crippen LogP contribution < -0.4 is 0 Å². The predicted octanol–water partition coefficient (Wildman–Crippen LogP) is 2.24. The third kappa shape index (κ3) is 6.81. The van der Waals surface area contributed by atoms with E-state index in [1.165, 1.54) is 7.11 Å². The first-order valence-corrected chi connectivity index (χ1v) is 3.82. The van der Waals surface area contributed by atoms with E-state index in [4.69, 9.17) is 0 Å². The van der Waals surface area contributed by atoms with E-state index in [0.29, 0.717) is 6.42 Å². The molecule has 0 rings (SSSR count). The quantitative estimate of drug-likeness (QED) is 0.473. The first-order valence-electron chi connectivity index (χ1n) is 3.82. The van der Waals surface area contributed by atoms with Crippen molar-refractivity contribution in [2.75, 3.05) is 7.11 Å². The lowest BCUT2D eigenvalue weighted by molar-refractivity contribution is -0.139. The highest BCUT2D eigenvalue weighted by Crippen LogP contribution is 1.87. The second-order valence-corrected chi connectivity index (χ2v) is 2.12. The van der Waals surface area contributed by atoms with Gasteiger partial charge in [-0.3, -0.25) is 4.79 Å². The van der Waals surface area contributed by atoms with Gasteiger partial charge in [-0.1, -0.05) is 36.5 Å². The Labute approximate surface area is 73.2 Å². The van der Waals surface area contributed by atoms with Crippen LogP contribution in [0.25, 0.3) is 0 Å². The molecule has 0 N–H and O–H groups in total. The smallest absolute Gasteiger partial charge is 0.309 e. The molecule has 0 aliphatic carbocycles. The highest BCUT2D eigenvalue weighted by atomic mass is 16.5. The van der Waals surface area contributed by atoms with Crippen LogP contribution in [0, 0.1) is 0 Å². The summed E-state index contributed by atoms with van der Waals surface area (Å²) in [7, 11) is 1.38. The molecule has 0 heterocycles. The molecule has 66 valence electrons. The molecule has 0 aromatic rings. The maximum absolute atomic E-state index is 10.6. The number of hydrogen-bond donors (Lipinski definition) is 0. The molecule has 0 saturated carbocycles. The SMILES string of the molecule is CC=CC=CC=CCC(=O)OC. The minimum absolute atomic E-state index is 0.217. The van der Waals surface area contributed by atoms with Crippen LogP contribution in [0.15, 0.2) is 36.5 Å². The van der Waals surface area contributed by atoms with Crippen molar-refractivity contribution in [1.82, 2.24) is 0 Å². The Bertz CT molecular complexity index is 200. The molecule has 0 atom stereocenters. The summed E-state index contributed by atoms with van der Waals surface area (Å²) in [4.78, 5) is 10.6. The molecule has 0 aliphatic rings. The van der Waals surface area contributed by atoms with E-state index in [1.54, 1.807) is 6.08 Å². The maximum Gasteiger partial charge on any atom is 0.309 e. The van der Waals surface area contributed by atoms with Crippen LogP contribution >= 0.6 is 0 Å². The Kier molecular flexibility index (Phi) is 6.94. The topological polar surface area (TPSA) is 26.3 Å². The first kappa shape index (κ1) is 10.7. The summed E-state index contributed by atoms with van der Waals surface area (Å²) >= 11 is 0. The van der Waals surface area contributed by atoms with Crippen molar-refractivity contribution in [2.45, 2.75) is 13.3 Å². The van der Waals surface area contributed by atoms with Gasteiger partial charge in [0.05, 0.1) is 13.5 Å². The van der Waals surface area contributed by atoms with E-state index in [9.17, 15) is 4.79 Å². The lowest BCUT2D eigenvalue weighted by Gasteiger charge is -1.89. The Morgan fingerprint density at radius 2 is 1.92 bits per heavy atom. The Morgan fingerprint density at radius 3 is 2.50 bits per heavy atom. The van der Waals surface area contributed by atoms with E-state index in [1.807, 2.05) is 37.3 Å². The summed E-state index contributed by atoms with van der Waals surface area (Å²) in [6.45, 7) is 1.95. The average molecular weight is 166 g/mol. The second-order valence-electron chi connectivity index (χ2n) is 2.12. The van der Waals surface area contributed by atoms with Crippen LogP contribution in [0.3, 0.4) is 0 Å². The average Bonchev–Trinajstić information content (AvgIpc) is 2.10. The van der Waals surface area contributed by atoms with Gasteiger partial charge in [0.1, 0.15) is 0 Å². The van der Waals surface area contributed by atoms with E-state index >= 15 is 0 Å². The molecular weight excluding hydrogens is 152 g/mol. The molecule has 2 heteroatoms. The summed E-state index contributed by atoms with van der Waals surface area (Å²) in [6, 6.07) is 0. The molecule has 0 saturated heterocycles. The molecule has 0 aliphatic heterocycles. The van der Waals surface area contributed by atoms with Crippen molar-refractivity contribution in [3.05, 3.63) is 36.5 Å². The number of hydrogen-bond acceptors (Lipinski definition) is 2. The molecule has 0 fully saturated rings. The van der Waals surface area contributed by atoms with Crippen molar-refractivity contribution < 1.29 is 9.53 Å². The molecule has 0 radical (unpaired) electrons. The summed E-state index contributed by atoms with van der Waals surface area (Å²) in [5, 5.41) is 0. The molecule has 0 spiro atoms. The van der Waals surface area contributed by atoms with Gasteiger partial charge in [0, 0.05) is 0 Å². The lowest BCUT2D eigenvalue weighted by atomic mass is 10.3. The zero-order valence-electron chi connectivity index (χ0n) is 7.49. The third-order valence-corrected chi connectivity index (χ3v) is 1.17. The fourth-order valence-corrected chi connectivity index (χ4v) is 0.566. The third-order valence-electron chi connectivity index (χ3n) is 1.17. The van der Waals surface area contributed by atoms with Crippen LogP contribution in [0.5, 0.6) is 0 Å². The van der Waals surface area contributed by atoms with Gasteiger partial charge in [0.25, 0.3) is 0 Å². The van der Waals surface area contributed by atoms with Gasteiger partial charge in [-0.25, -0.2) is 0 Å². The van der Waals surface area contributed by atoms with Gasteiger partial charge >= 0.3 is 5.97 Å². The van der Waals surface area contributed by atoms with E-state index in [0.717, 1.165) is 0 Å². The van der Waals surface area contributed by atoms with Crippen molar-refractivity contribution in [1.29, 1.82) is 0 Å². The lowest BCUT2D eigenvalue weighted by Crippen LogP contribution is -1.96. The largest absolute Gasteiger partial charge is 0.469 e. The fraction of sp³-hybridized carbons (Fsp3) is 0.300. The van der Waals surface area contributed by atoms with Gasteiger partial charge in [-0.2, -0.15) is 0 Å². The first-order chi connectivity index (χ1) is 5.81. The zero-order valence-corrected chi connectivity index (χ0v) is 7.49. The number of allylic oxidation sites excluding steroid dienone is 5. The summed E-state index contributed by atoms with van der Waals surface area (Å²) in [5.41, 5.74) is 0. The molecule has 0 amide bonds. The van der Waals surface area contributed by atoms with Crippen molar-refractivity contribution in [3.63, 3.8) is 0 Å². The number of esters is 1. The van der Waals surface area contributed by atoms with Gasteiger partial charge < -0.3 is 4.74 Å². The standard InChI is InChI=1S/C10H14O2/c1-3-4-5-6-7-8-9-10(11)12-2/h3-8H,9H2,1-2H3. The normalized spacial score (nSPS) is 11.8. The number of rotatable bonds is 4. The van der Waals surface area contributed by atoms with Gasteiger partial charge in [-0.05, 0) is 6.92 Å². The predicted molar refractivity (Wildman–Crippen MR) is 49.7 cm³/mol. The van der Waals surface area contributed by atoms with Crippen LogP contribution in [-0.4, -0.2) is 13.1 Å². The van der Waals surface area contributed by atoms with E-state index < -0.39 is 0 Å². The van der Waals surface area contributed by atoms with Crippen LogP contribution in [0.2, 0.25) is 0 Å². The number of methoxy groups -OCH3 is 1. The van der Waals surface area contributed by atoms with E-state index in [-0.39, 0.29) is 5.97 Å². The highest BCUT2D eigenvalue weighted by Gasteiger charge is 1.91. The van der Waals surface area contributed by atoms with Crippen LogP contribution in [0.1, 0.15) is 13.3 Å². The Hall–Kier alpha value is -1.31. The molecule has 12 heavy (non-hydrogen) atoms. The zero-order chi connectivity index (χ0) is 9.23. The van der Waals surface area contributed by atoms with Gasteiger partial charge in [0.2, 0.25) is 0 Å². The van der Waals surface area contributed by atoms with Gasteiger partial charge in [-0.15, -0.1) is 0 Å². The van der Waals surface area contributed by atoms with Crippen molar-refractivity contribution in [2.24, 2.45) is 0 Å². The van der Waals surface area contributed by atoms with Crippen LogP contribution in [-0.2, 0) is 9.53 Å². The molecule has 2 nitrogen and oxygen atoms in total.